The molecule has 20 heavy (non-hydrogen) atoms. The van der Waals surface area contributed by atoms with Crippen molar-refractivity contribution in [1.82, 2.24) is 10.6 Å². The van der Waals surface area contributed by atoms with Gasteiger partial charge < -0.3 is 20.5 Å². The Morgan fingerprint density at radius 2 is 2.00 bits per heavy atom. The quantitative estimate of drug-likeness (QED) is 0.711. The highest BCUT2D eigenvalue weighted by atomic mass is 16.5. The van der Waals surface area contributed by atoms with Gasteiger partial charge in [0.05, 0.1) is 5.41 Å². The van der Waals surface area contributed by atoms with Gasteiger partial charge in [-0.3, -0.25) is 4.79 Å². The summed E-state index contributed by atoms with van der Waals surface area (Å²) in [5, 5.41) is 15.0. The van der Waals surface area contributed by atoms with Crippen molar-refractivity contribution in [3.05, 3.63) is 0 Å². The van der Waals surface area contributed by atoms with Crippen molar-refractivity contribution in [1.29, 1.82) is 0 Å². The topological polar surface area (TPSA) is 87.7 Å². The maximum atomic E-state index is 11.9. The number of hydrogen-bond donors (Lipinski definition) is 3. The van der Waals surface area contributed by atoms with Crippen molar-refractivity contribution in [3.63, 3.8) is 0 Å². The van der Waals surface area contributed by atoms with Gasteiger partial charge in [-0.05, 0) is 38.5 Å². The summed E-state index contributed by atoms with van der Waals surface area (Å²) in [5.74, 6) is -0.287. The second-order valence-electron chi connectivity index (χ2n) is 6.00. The zero-order valence-electron chi connectivity index (χ0n) is 12.0. The predicted octanol–water partition coefficient (Wildman–Crippen LogP) is 1.36. The first kappa shape index (κ1) is 15.1. The minimum atomic E-state index is -0.880. The van der Waals surface area contributed by atoms with Crippen molar-refractivity contribution in [2.24, 2.45) is 11.3 Å². The van der Waals surface area contributed by atoms with Crippen LogP contribution in [0.3, 0.4) is 0 Å². The third kappa shape index (κ3) is 3.42. The van der Waals surface area contributed by atoms with Crippen molar-refractivity contribution in [3.8, 4) is 0 Å². The lowest BCUT2D eigenvalue weighted by Crippen LogP contribution is -2.51. The second-order valence-corrected chi connectivity index (χ2v) is 6.00. The van der Waals surface area contributed by atoms with Gasteiger partial charge in [-0.2, -0.15) is 0 Å². The first-order valence-electron chi connectivity index (χ1n) is 7.39. The number of urea groups is 1. The molecule has 0 aromatic rings. The van der Waals surface area contributed by atoms with Crippen LogP contribution in [-0.4, -0.2) is 42.9 Å². The number of carbonyl (C=O) groups is 2. The second kappa shape index (κ2) is 6.43. The number of carbonyl (C=O) groups excluding carboxylic acids is 1. The first-order chi connectivity index (χ1) is 9.53. The van der Waals surface area contributed by atoms with E-state index in [-0.39, 0.29) is 18.6 Å². The van der Waals surface area contributed by atoms with E-state index >= 15 is 0 Å². The first-order valence-corrected chi connectivity index (χ1v) is 7.39. The smallest absolute Gasteiger partial charge is 0.315 e. The Balaban J connectivity index is 1.79. The zero-order chi connectivity index (χ0) is 14.6. The van der Waals surface area contributed by atoms with Crippen LogP contribution < -0.4 is 10.6 Å². The van der Waals surface area contributed by atoms with Crippen molar-refractivity contribution >= 4 is 12.0 Å². The SMILES string of the molecule is CC(NC(=O)NCC1(C(=O)O)CCOCC1)C1CCC1. The number of nitrogens with one attached hydrogen (secondary N) is 2. The van der Waals surface area contributed by atoms with Gasteiger partial charge in [-0.15, -0.1) is 0 Å². The molecule has 1 unspecified atom stereocenters. The standard InChI is InChI=1S/C14H24N2O4/c1-10(11-3-2-4-11)16-13(19)15-9-14(12(17)18)5-7-20-8-6-14/h10-11H,2-9H2,1H3,(H,17,18)(H2,15,16,19). The molecule has 0 radical (unpaired) electrons. The monoisotopic (exact) mass is 284 g/mol. The van der Waals surface area contributed by atoms with Gasteiger partial charge in [-0.25, -0.2) is 4.79 Å². The number of amides is 2. The van der Waals surface area contributed by atoms with E-state index in [1.54, 1.807) is 0 Å². The molecule has 2 rings (SSSR count). The Morgan fingerprint density at radius 3 is 2.50 bits per heavy atom. The molecule has 1 saturated carbocycles. The predicted molar refractivity (Wildman–Crippen MR) is 73.5 cm³/mol. The average Bonchev–Trinajstić information content (AvgIpc) is 2.35. The third-order valence-electron chi connectivity index (χ3n) is 4.71. The van der Waals surface area contributed by atoms with Gasteiger partial charge in [0.1, 0.15) is 0 Å². The Labute approximate surface area is 119 Å². The highest BCUT2D eigenvalue weighted by molar-refractivity contribution is 5.78. The fraction of sp³-hybridized carbons (Fsp3) is 0.857. The summed E-state index contributed by atoms with van der Waals surface area (Å²) in [6, 6.07) is -0.115. The lowest BCUT2D eigenvalue weighted by atomic mass is 9.80. The summed E-state index contributed by atoms with van der Waals surface area (Å²) in [7, 11) is 0. The van der Waals surface area contributed by atoms with Gasteiger partial charge in [-0.1, -0.05) is 6.42 Å². The van der Waals surface area contributed by atoms with Gasteiger partial charge >= 0.3 is 12.0 Å². The maximum absolute atomic E-state index is 11.9. The van der Waals surface area contributed by atoms with E-state index in [2.05, 4.69) is 10.6 Å². The highest BCUT2D eigenvalue weighted by Gasteiger charge is 2.40. The Kier molecular flexibility index (Phi) is 4.86. The summed E-state index contributed by atoms with van der Waals surface area (Å²) >= 11 is 0. The minimum absolute atomic E-state index is 0.152. The third-order valence-corrected chi connectivity index (χ3v) is 4.71. The fourth-order valence-electron chi connectivity index (χ4n) is 2.79. The summed E-state index contributed by atoms with van der Waals surface area (Å²) in [6.07, 6.45) is 4.46. The van der Waals surface area contributed by atoms with Gasteiger partial charge in [0, 0.05) is 25.8 Å². The Morgan fingerprint density at radius 1 is 1.35 bits per heavy atom. The van der Waals surface area contributed by atoms with Gasteiger partial charge in [0.15, 0.2) is 0 Å². The van der Waals surface area contributed by atoms with Crippen LogP contribution in [0.25, 0.3) is 0 Å². The summed E-state index contributed by atoms with van der Waals surface area (Å²) in [5.41, 5.74) is -0.880. The molecule has 114 valence electrons. The molecule has 1 heterocycles. The van der Waals surface area contributed by atoms with E-state index in [0.717, 1.165) is 12.8 Å². The van der Waals surface area contributed by atoms with Crippen LogP contribution in [0.5, 0.6) is 0 Å². The molecule has 0 aromatic carbocycles. The molecule has 6 heteroatoms. The number of carboxylic acids is 1. The number of hydrogen-bond acceptors (Lipinski definition) is 3. The average molecular weight is 284 g/mol. The molecular weight excluding hydrogens is 260 g/mol. The van der Waals surface area contributed by atoms with Crippen LogP contribution in [-0.2, 0) is 9.53 Å². The molecule has 1 aliphatic carbocycles. The van der Waals surface area contributed by atoms with Crippen LogP contribution in [0.4, 0.5) is 4.79 Å². The van der Waals surface area contributed by atoms with Crippen LogP contribution in [0.1, 0.15) is 39.0 Å². The molecular formula is C14H24N2O4. The molecule has 1 aliphatic heterocycles. The number of aliphatic carboxylic acids is 1. The number of ether oxygens (including phenoxy) is 1. The minimum Gasteiger partial charge on any atom is -0.481 e. The molecule has 2 fully saturated rings. The summed E-state index contributed by atoms with van der Waals surface area (Å²) in [4.78, 5) is 23.3. The van der Waals surface area contributed by atoms with Crippen molar-refractivity contribution < 1.29 is 19.4 Å². The van der Waals surface area contributed by atoms with Crippen molar-refractivity contribution in [2.45, 2.75) is 45.1 Å². The van der Waals surface area contributed by atoms with E-state index < -0.39 is 11.4 Å². The van der Waals surface area contributed by atoms with E-state index in [0.29, 0.717) is 32.0 Å². The molecule has 2 amide bonds. The molecule has 0 spiro atoms. The van der Waals surface area contributed by atoms with Crippen LogP contribution in [0.15, 0.2) is 0 Å². The fourth-order valence-corrected chi connectivity index (χ4v) is 2.79. The molecule has 3 N–H and O–H groups in total. The maximum Gasteiger partial charge on any atom is 0.315 e. The Hall–Kier alpha value is -1.30. The van der Waals surface area contributed by atoms with Gasteiger partial charge in [0.2, 0.25) is 0 Å². The lowest BCUT2D eigenvalue weighted by molar-refractivity contribution is -0.154. The van der Waals surface area contributed by atoms with Crippen LogP contribution in [0.2, 0.25) is 0 Å². The van der Waals surface area contributed by atoms with Gasteiger partial charge in [0.25, 0.3) is 0 Å². The van der Waals surface area contributed by atoms with Crippen LogP contribution >= 0.6 is 0 Å². The molecule has 0 bridgehead atoms. The molecule has 1 saturated heterocycles. The van der Waals surface area contributed by atoms with Crippen LogP contribution in [0, 0.1) is 11.3 Å². The number of rotatable bonds is 5. The Bertz CT molecular complexity index is 362. The van der Waals surface area contributed by atoms with E-state index in [9.17, 15) is 14.7 Å². The molecule has 6 nitrogen and oxygen atoms in total. The molecule has 0 aromatic heterocycles. The largest absolute Gasteiger partial charge is 0.481 e. The normalized spacial score (nSPS) is 23.4. The van der Waals surface area contributed by atoms with E-state index in [4.69, 9.17) is 4.74 Å². The highest BCUT2D eigenvalue weighted by Crippen LogP contribution is 2.30. The van der Waals surface area contributed by atoms with Crippen molar-refractivity contribution in [2.75, 3.05) is 19.8 Å². The molecule has 1 atom stereocenters. The zero-order valence-corrected chi connectivity index (χ0v) is 12.0. The van der Waals surface area contributed by atoms with E-state index in [1.807, 2.05) is 6.92 Å². The summed E-state index contributed by atoms with van der Waals surface area (Å²) in [6.45, 7) is 3.04. The lowest BCUT2D eigenvalue weighted by Gasteiger charge is -2.34. The molecule has 2 aliphatic rings. The summed E-state index contributed by atoms with van der Waals surface area (Å²) < 4.78 is 5.21. The van der Waals surface area contributed by atoms with E-state index in [1.165, 1.54) is 6.42 Å². The number of carboxylic acid groups (broad SMARTS) is 1.